The molecule has 1 fully saturated rings. The van der Waals surface area contributed by atoms with Crippen LogP contribution in [0.1, 0.15) is 33.6 Å². The van der Waals surface area contributed by atoms with E-state index in [1.807, 2.05) is 39.0 Å². The highest BCUT2D eigenvalue weighted by Crippen LogP contribution is 2.34. The molecule has 1 N–H and O–H groups in total. The summed E-state index contributed by atoms with van der Waals surface area (Å²) in [6.45, 7) is 6.51. The minimum atomic E-state index is -0.566. The number of rotatable bonds is 3. The molecule has 1 aromatic carbocycles. The van der Waals surface area contributed by atoms with Gasteiger partial charge in [0.05, 0.1) is 10.4 Å². The Balaban J connectivity index is 1.87. The fraction of sp³-hybridized carbons (Fsp3) is 0.474. The molecule has 0 saturated carbocycles. The molecule has 0 spiro atoms. The number of benzene rings is 1. The van der Waals surface area contributed by atoms with Crippen LogP contribution in [0.15, 0.2) is 28.9 Å². The Morgan fingerprint density at radius 1 is 1.43 bits per heavy atom. The first-order valence-corrected chi connectivity index (χ1v) is 9.90. The fourth-order valence-corrected chi connectivity index (χ4v) is 3.60. The van der Waals surface area contributed by atoms with E-state index in [-0.39, 0.29) is 17.8 Å². The smallest absolute Gasteiger partial charge is 0.410 e. The van der Waals surface area contributed by atoms with Crippen LogP contribution in [-0.2, 0) is 4.74 Å². The van der Waals surface area contributed by atoms with Crippen LogP contribution in [0.3, 0.4) is 0 Å². The van der Waals surface area contributed by atoms with E-state index in [0.717, 1.165) is 17.3 Å². The van der Waals surface area contributed by atoms with Gasteiger partial charge in [0.1, 0.15) is 17.5 Å². The van der Waals surface area contributed by atoms with E-state index in [9.17, 15) is 14.9 Å². The van der Waals surface area contributed by atoms with Crippen molar-refractivity contribution in [2.24, 2.45) is 0 Å². The lowest BCUT2D eigenvalue weighted by Gasteiger charge is -2.34. The summed E-state index contributed by atoms with van der Waals surface area (Å²) in [6, 6.07) is 5.34. The van der Waals surface area contributed by atoms with E-state index < -0.39 is 10.5 Å². The third kappa shape index (κ3) is 4.70. The summed E-state index contributed by atoms with van der Waals surface area (Å²) < 4.78 is 6.27. The maximum Gasteiger partial charge on any atom is 0.410 e. The second-order valence-corrected chi connectivity index (χ2v) is 8.76. The predicted octanol–water partition coefficient (Wildman–Crippen LogP) is 4.72. The molecular formula is C19H23BrN4O4. The van der Waals surface area contributed by atoms with Crippen LogP contribution < -0.4 is 5.32 Å². The number of aromatic nitrogens is 1. The minimum absolute atomic E-state index is 0.0833. The van der Waals surface area contributed by atoms with Crippen molar-refractivity contribution in [1.82, 2.24) is 9.88 Å². The number of nitrogens with one attached hydrogen (secondary N) is 1. The molecule has 1 aliphatic heterocycles. The highest BCUT2D eigenvalue weighted by Gasteiger charge is 2.29. The topological polar surface area (TPSA) is 97.6 Å². The van der Waals surface area contributed by atoms with Crippen LogP contribution in [0.5, 0.6) is 0 Å². The highest BCUT2D eigenvalue weighted by molar-refractivity contribution is 9.10. The molecule has 0 bridgehead atoms. The molecule has 150 valence electrons. The van der Waals surface area contributed by atoms with Gasteiger partial charge in [-0.3, -0.25) is 10.1 Å². The molecule has 28 heavy (non-hydrogen) atoms. The molecule has 0 unspecified atom stereocenters. The molecule has 8 nitrogen and oxygen atoms in total. The minimum Gasteiger partial charge on any atom is -0.444 e. The van der Waals surface area contributed by atoms with Gasteiger partial charge in [-0.1, -0.05) is 15.9 Å². The van der Waals surface area contributed by atoms with Crippen LogP contribution in [0.2, 0.25) is 0 Å². The number of halogens is 1. The number of amides is 1. The number of likely N-dealkylation sites (tertiary alicyclic amines) is 1. The van der Waals surface area contributed by atoms with Gasteiger partial charge in [-0.15, -0.1) is 0 Å². The predicted molar refractivity (Wildman–Crippen MR) is 111 cm³/mol. The molecule has 0 radical (unpaired) electrons. The van der Waals surface area contributed by atoms with Crippen LogP contribution in [0.25, 0.3) is 10.9 Å². The third-order valence-corrected chi connectivity index (χ3v) is 4.92. The van der Waals surface area contributed by atoms with Gasteiger partial charge in [-0.25, -0.2) is 9.78 Å². The Bertz CT molecular complexity index is 913. The number of piperidine rings is 1. The number of fused-ring (bicyclic) bond motifs is 1. The Kier molecular flexibility index (Phi) is 5.74. The van der Waals surface area contributed by atoms with Crippen molar-refractivity contribution in [3.63, 3.8) is 0 Å². The lowest BCUT2D eigenvalue weighted by Crippen LogP contribution is -2.47. The van der Waals surface area contributed by atoms with Crippen molar-refractivity contribution in [3.05, 3.63) is 39.0 Å². The van der Waals surface area contributed by atoms with Gasteiger partial charge in [-0.05, 0) is 51.8 Å². The monoisotopic (exact) mass is 450 g/mol. The molecule has 9 heteroatoms. The number of carbonyl (C=O) groups excluding carboxylic acids is 1. The summed E-state index contributed by atoms with van der Waals surface area (Å²) in [5, 5.41) is 15.5. The molecule has 3 rings (SSSR count). The highest BCUT2D eigenvalue weighted by atomic mass is 79.9. The zero-order valence-corrected chi connectivity index (χ0v) is 17.7. The lowest BCUT2D eigenvalue weighted by atomic mass is 10.0. The van der Waals surface area contributed by atoms with E-state index in [2.05, 4.69) is 26.2 Å². The van der Waals surface area contributed by atoms with Gasteiger partial charge in [0.25, 0.3) is 0 Å². The maximum absolute atomic E-state index is 12.4. The van der Waals surface area contributed by atoms with Gasteiger partial charge < -0.3 is 15.0 Å². The van der Waals surface area contributed by atoms with Gasteiger partial charge in [-0.2, -0.15) is 0 Å². The average molecular weight is 451 g/mol. The Hall–Kier alpha value is -2.42. The number of nitro groups is 1. The van der Waals surface area contributed by atoms with Crippen molar-refractivity contribution < 1.29 is 14.5 Å². The second kappa shape index (κ2) is 7.90. The molecule has 2 aromatic rings. The first kappa shape index (κ1) is 20.3. The zero-order chi connectivity index (χ0) is 20.5. The largest absolute Gasteiger partial charge is 0.444 e. The molecule has 1 aliphatic rings. The first-order chi connectivity index (χ1) is 13.1. The first-order valence-electron chi connectivity index (χ1n) is 9.11. The number of nitrogens with zero attached hydrogens (tertiary/aromatic N) is 3. The van der Waals surface area contributed by atoms with Crippen molar-refractivity contribution in [2.45, 2.75) is 45.3 Å². The van der Waals surface area contributed by atoms with E-state index in [0.29, 0.717) is 29.7 Å². The van der Waals surface area contributed by atoms with Crippen molar-refractivity contribution in [1.29, 1.82) is 0 Å². The van der Waals surface area contributed by atoms with Crippen LogP contribution in [0, 0.1) is 10.1 Å². The molecule has 1 amide bonds. The van der Waals surface area contributed by atoms with E-state index in [1.165, 1.54) is 6.20 Å². The molecule has 0 aliphatic carbocycles. The number of anilines is 1. The number of ether oxygens (including phenoxy) is 1. The number of hydrogen-bond acceptors (Lipinski definition) is 6. The average Bonchev–Trinajstić information content (AvgIpc) is 2.60. The van der Waals surface area contributed by atoms with Crippen molar-refractivity contribution >= 4 is 44.3 Å². The third-order valence-electron chi connectivity index (χ3n) is 4.43. The summed E-state index contributed by atoms with van der Waals surface area (Å²) in [5.41, 5.74) is 0.438. The SMILES string of the molecule is CC(C)(C)OC(=O)N1CCC[C@@H](Nc2c([N+](=O)[O-])cnc3ccc(Br)cc23)C1. The maximum atomic E-state index is 12.4. The quantitative estimate of drug-likeness (QED) is 0.536. The number of hydrogen-bond donors (Lipinski definition) is 1. The Morgan fingerprint density at radius 2 is 2.18 bits per heavy atom. The van der Waals surface area contributed by atoms with Gasteiger partial charge in [0, 0.05) is 29.0 Å². The molecule has 1 atom stereocenters. The second-order valence-electron chi connectivity index (χ2n) is 7.85. The van der Waals surface area contributed by atoms with Crippen molar-refractivity contribution in [2.75, 3.05) is 18.4 Å². The van der Waals surface area contributed by atoms with Crippen LogP contribution >= 0.6 is 15.9 Å². The Labute approximate surface area is 171 Å². The van der Waals surface area contributed by atoms with E-state index in [4.69, 9.17) is 4.74 Å². The van der Waals surface area contributed by atoms with Crippen molar-refractivity contribution in [3.8, 4) is 0 Å². The number of carbonyl (C=O) groups is 1. The lowest BCUT2D eigenvalue weighted by molar-refractivity contribution is -0.384. The molecule has 1 saturated heterocycles. The van der Waals surface area contributed by atoms with Gasteiger partial charge in [0.2, 0.25) is 0 Å². The van der Waals surface area contributed by atoms with E-state index in [1.54, 1.807) is 4.90 Å². The standard InChI is InChI=1S/C19H23BrN4O4/c1-19(2,3)28-18(25)23-8-4-5-13(11-23)22-17-14-9-12(20)6-7-15(14)21-10-16(17)24(26)27/h6-7,9-10,13H,4-5,8,11H2,1-3H3,(H,21,22)/t13-/m1/s1. The van der Waals surface area contributed by atoms with E-state index >= 15 is 0 Å². The zero-order valence-electron chi connectivity index (χ0n) is 16.1. The summed E-state index contributed by atoms with van der Waals surface area (Å²) in [5.74, 6) is 0. The molecule has 1 aromatic heterocycles. The number of pyridine rings is 1. The fourth-order valence-electron chi connectivity index (χ4n) is 3.24. The summed E-state index contributed by atoms with van der Waals surface area (Å²) >= 11 is 3.42. The Morgan fingerprint density at radius 3 is 2.86 bits per heavy atom. The normalized spacial score (nSPS) is 17.4. The van der Waals surface area contributed by atoms with Gasteiger partial charge >= 0.3 is 11.8 Å². The summed E-state index contributed by atoms with van der Waals surface area (Å²) in [4.78, 5) is 29.3. The summed E-state index contributed by atoms with van der Waals surface area (Å²) in [7, 11) is 0. The molecule has 2 heterocycles. The molecular weight excluding hydrogens is 428 g/mol. The van der Waals surface area contributed by atoms with Crippen LogP contribution in [-0.4, -0.2) is 45.6 Å². The summed E-state index contributed by atoms with van der Waals surface area (Å²) in [6.07, 6.45) is 2.49. The van der Waals surface area contributed by atoms with Crippen LogP contribution in [0.4, 0.5) is 16.2 Å². The van der Waals surface area contributed by atoms with Gasteiger partial charge in [0.15, 0.2) is 0 Å².